The second-order valence-corrected chi connectivity index (χ2v) is 8.77. The third-order valence-electron chi connectivity index (χ3n) is 5.18. The van der Waals surface area contributed by atoms with E-state index in [0.29, 0.717) is 11.7 Å². The number of aromatic nitrogens is 2. The summed E-state index contributed by atoms with van der Waals surface area (Å²) in [5, 5.41) is 1.99. The Morgan fingerprint density at radius 1 is 1.30 bits per heavy atom. The van der Waals surface area contributed by atoms with Gasteiger partial charge in [-0.15, -0.1) is 11.8 Å². The fourth-order valence-electron chi connectivity index (χ4n) is 3.92. The van der Waals surface area contributed by atoms with E-state index in [2.05, 4.69) is 18.8 Å². The van der Waals surface area contributed by atoms with Crippen LogP contribution in [0.15, 0.2) is 33.0 Å². The molecule has 1 saturated carbocycles. The van der Waals surface area contributed by atoms with Gasteiger partial charge in [0, 0.05) is 30.5 Å². The Bertz CT molecular complexity index is 824. The molecule has 3 fully saturated rings. The van der Waals surface area contributed by atoms with Gasteiger partial charge < -0.3 is 14.2 Å². The molecule has 0 unspecified atom stereocenters. The van der Waals surface area contributed by atoms with Crippen LogP contribution in [0.4, 0.5) is 0 Å². The highest BCUT2D eigenvalue weighted by Crippen LogP contribution is 2.49. The summed E-state index contributed by atoms with van der Waals surface area (Å²) in [6.07, 6.45) is 5.14. The van der Waals surface area contributed by atoms with Crippen molar-refractivity contribution in [2.45, 2.75) is 70.2 Å². The highest BCUT2D eigenvalue weighted by atomic mass is 32.2. The second kappa shape index (κ2) is 7.48. The highest BCUT2D eigenvalue weighted by molar-refractivity contribution is 8.02. The molecule has 27 heavy (non-hydrogen) atoms. The molecule has 1 N–H and O–H groups in total. The first-order valence-electron chi connectivity index (χ1n) is 9.63. The average Bonchev–Trinajstić information content (AvgIpc) is 3.12. The topological polar surface area (TPSA) is 82.6 Å². The lowest BCUT2D eigenvalue weighted by Gasteiger charge is -2.33. The van der Waals surface area contributed by atoms with Crippen LogP contribution in [-0.4, -0.2) is 33.3 Å². The van der Waals surface area contributed by atoms with E-state index >= 15 is 0 Å². The van der Waals surface area contributed by atoms with Gasteiger partial charge >= 0.3 is 5.69 Å². The lowest BCUT2D eigenvalue weighted by atomic mass is 9.94. The molecule has 1 aromatic heterocycles. The molecule has 1 aliphatic carbocycles. The monoisotopic (exact) mass is 394 g/mol. The van der Waals surface area contributed by atoms with E-state index in [4.69, 9.17) is 14.2 Å². The molecule has 3 atom stereocenters. The van der Waals surface area contributed by atoms with E-state index in [9.17, 15) is 9.59 Å². The molecule has 2 saturated heterocycles. The van der Waals surface area contributed by atoms with E-state index in [0.717, 1.165) is 31.4 Å². The van der Waals surface area contributed by atoms with Gasteiger partial charge in [-0.05, 0) is 24.5 Å². The summed E-state index contributed by atoms with van der Waals surface area (Å²) in [5.74, 6) is 1.66. The number of fused-ring (bicyclic) bond motifs is 1. The summed E-state index contributed by atoms with van der Waals surface area (Å²) < 4.78 is 20.2. The zero-order valence-corrected chi connectivity index (χ0v) is 16.5. The number of rotatable bonds is 4. The van der Waals surface area contributed by atoms with Crippen LogP contribution < -0.4 is 11.2 Å². The van der Waals surface area contributed by atoms with Gasteiger partial charge in [0.2, 0.25) is 6.23 Å². The maximum absolute atomic E-state index is 12.3. The van der Waals surface area contributed by atoms with Crippen LogP contribution in [0, 0.1) is 5.92 Å². The van der Waals surface area contributed by atoms with E-state index < -0.39 is 29.4 Å². The number of nitrogens with zero attached hydrogens (tertiary/aromatic N) is 1. The summed E-state index contributed by atoms with van der Waals surface area (Å²) >= 11 is 1.68. The number of H-pyrrole nitrogens is 1. The van der Waals surface area contributed by atoms with Gasteiger partial charge in [0.05, 0.1) is 0 Å². The fraction of sp³-hybridized carbons (Fsp3) is 0.684. The summed E-state index contributed by atoms with van der Waals surface area (Å²) in [5.41, 5.74) is -0.933. The quantitative estimate of drug-likeness (QED) is 0.846. The molecule has 7 nitrogen and oxygen atoms in total. The predicted molar refractivity (Wildman–Crippen MR) is 102 cm³/mol. The van der Waals surface area contributed by atoms with Crippen LogP contribution in [0.3, 0.4) is 0 Å². The number of hydrogen-bond donors (Lipinski definition) is 1. The molecule has 2 aliphatic heterocycles. The van der Waals surface area contributed by atoms with Crippen molar-refractivity contribution < 1.29 is 14.2 Å². The minimum absolute atomic E-state index is 0.327. The van der Waals surface area contributed by atoms with Crippen LogP contribution in [-0.2, 0) is 14.2 Å². The van der Waals surface area contributed by atoms with Crippen molar-refractivity contribution in [2.24, 2.45) is 5.92 Å². The third-order valence-corrected chi connectivity index (χ3v) is 6.44. The van der Waals surface area contributed by atoms with Crippen molar-refractivity contribution in [3.63, 3.8) is 0 Å². The number of thioether (sulfide) groups is 1. The standard InChI is InChI=1S/C19H26N2O5S/c1-12(2)10-27-11-13-15-16(26-19(25-15)7-4-3-5-8-19)17(24-13)21-9-6-14(22)20-18(21)23/h6,9,11-12,15-17H,3-5,7-8,10H2,1-2H3,(H,20,22,23)/t15-,16-,17-/m1/s1. The summed E-state index contributed by atoms with van der Waals surface area (Å²) in [6, 6.07) is 1.32. The second-order valence-electron chi connectivity index (χ2n) is 7.87. The number of nitrogens with one attached hydrogen (secondary N) is 1. The minimum Gasteiger partial charge on any atom is -0.468 e. The smallest absolute Gasteiger partial charge is 0.331 e. The Morgan fingerprint density at radius 2 is 2.07 bits per heavy atom. The van der Waals surface area contributed by atoms with Gasteiger partial charge in [-0.25, -0.2) is 4.79 Å². The fourth-order valence-corrected chi connectivity index (χ4v) is 4.76. The van der Waals surface area contributed by atoms with Crippen LogP contribution in [0.2, 0.25) is 0 Å². The molecule has 8 heteroatoms. The van der Waals surface area contributed by atoms with Crippen LogP contribution in [0.1, 0.15) is 52.2 Å². The molecular weight excluding hydrogens is 368 g/mol. The van der Waals surface area contributed by atoms with Gasteiger partial charge in [-0.3, -0.25) is 14.3 Å². The van der Waals surface area contributed by atoms with Crippen LogP contribution in [0.5, 0.6) is 0 Å². The first-order chi connectivity index (χ1) is 13.0. The molecule has 148 valence electrons. The van der Waals surface area contributed by atoms with Crippen molar-refractivity contribution in [3.05, 3.63) is 44.3 Å². The number of hydrogen-bond acceptors (Lipinski definition) is 6. The molecule has 3 heterocycles. The van der Waals surface area contributed by atoms with Crippen LogP contribution >= 0.6 is 11.8 Å². The van der Waals surface area contributed by atoms with Crippen molar-refractivity contribution in [3.8, 4) is 0 Å². The Labute approximate surface area is 162 Å². The van der Waals surface area contributed by atoms with E-state index in [1.165, 1.54) is 23.3 Å². The van der Waals surface area contributed by atoms with Gasteiger partial charge in [0.15, 0.2) is 18.0 Å². The first-order valence-corrected chi connectivity index (χ1v) is 10.7. The lowest BCUT2D eigenvalue weighted by Crippen LogP contribution is -2.38. The zero-order valence-electron chi connectivity index (χ0n) is 15.7. The normalized spacial score (nSPS) is 30.8. The summed E-state index contributed by atoms with van der Waals surface area (Å²) in [7, 11) is 0. The minimum atomic E-state index is -0.647. The van der Waals surface area contributed by atoms with Crippen molar-refractivity contribution >= 4 is 11.8 Å². The molecule has 0 bridgehead atoms. The van der Waals surface area contributed by atoms with Gasteiger partial charge in [-0.2, -0.15) is 0 Å². The molecule has 3 aliphatic rings. The van der Waals surface area contributed by atoms with Crippen molar-refractivity contribution in [1.29, 1.82) is 0 Å². The molecule has 0 aromatic carbocycles. The van der Waals surface area contributed by atoms with E-state index in [1.54, 1.807) is 11.8 Å². The SMILES string of the molecule is CC(C)CSC=C1O[C@@H](n2ccc(=O)[nH]c2=O)[C@@H]2OC3(CCCCC3)O[C@H]12. The lowest BCUT2D eigenvalue weighted by molar-refractivity contribution is -0.214. The van der Waals surface area contributed by atoms with Gasteiger partial charge in [0.1, 0.15) is 5.76 Å². The Hall–Kier alpha value is -1.51. The van der Waals surface area contributed by atoms with Gasteiger partial charge in [0.25, 0.3) is 5.56 Å². The third kappa shape index (κ3) is 3.75. The molecule has 0 amide bonds. The van der Waals surface area contributed by atoms with Crippen molar-refractivity contribution in [2.75, 3.05) is 5.75 Å². The number of aromatic amines is 1. The summed E-state index contributed by atoms with van der Waals surface area (Å²) in [6.45, 7) is 4.33. The molecule has 4 rings (SSSR count). The molecule has 1 aromatic rings. The first kappa shape index (κ1) is 18.8. The zero-order chi connectivity index (χ0) is 19.0. The van der Waals surface area contributed by atoms with Crippen molar-refractivity contribution in [1.82, 2.24) is 9.55 Å². The Balaban J connectivity index is 1.64. The van der Waals surface area contributed by atoms with E-state index in [1.807, 2.05) is 5.41 Å². The number of ether oxygens (including phenoxy) is 3. The average molecular weight is 394 g/mol. The Morgan fingerprint density at radius 3 is 2.78 bits per heavy atom. The summed E-state index contributed by atoms with van der Waals surface area (Å²) in [4.78, 5) is 26.0. The maximum Gasteiger partial charge on any atom is 0.331 e. The maximum atomic E-state index is 12.3. The van der Waals surface area contributed by atoms with E-state index in [-0.39, 0.29) is 6.10 Å². The molecular formula is C19H26N2O5S. The largest absolute Gasteiger partial charge is 0.468 e. The predicted octanol–water partition coefficient (Wildman–Crippen LogP) is 2.74. The highest BCUT2D eigenvalue weighted by Gasteiger charge is 2.57. The van der Waals surface area contributed by atoms with Crippen LogP contribution in [0.25, 0.3) is 0 Å². The Kier molecular flexibility index (Phi) is 5.22. The van der Waals surface area contributed by atoms with Gasteiger partial charge in [-0.1, -0.05) is 20.3 Å². The molecule has 1 spiro atoms. The molecule has 0 radical (unpaired) electrons.